The Balaban J connectivity index is 2.05. The second kappa shape index (κ2) is 5.67. The molecule has 90 valence electrons. The van der Waals surface area contributed by atoms with Crippen LogP contribution in [-0.2, 0) is 0 Å². The highest BCUT2D eigenvalue weighted by atomic mass is 19.1. The van der Waals surface area contributed by atoms with E-state index in [1.807, 2.05) is 6.07 Å². The predicted octanol–water partition coefficient (Wildman–Crippen LogP) is 3.83. The van der Waals surface area contributed by atoms with E-state index in [0.29, 0.717) is 17.3 Å². The Kier molecular flexibility index (Phi) is 3.98. The third-order valence-electron chi connectivity index (χ3n) is 3.31. The summed E-state index contributed by atoms with van der Waals surface area (Å²) in [5.74, 6) is -0.326. The molecule has 1 aromatic rings. The summed E-state index contributed by atoms with van der Waals surface area (Å²) in [6.07, 6.45) is 7.23. The second-order valence-electron chi connectivity index (χ2n) is 4.64. The van der Waals surface area contributed by atoms with Gasteiger partial charge in [0.15, 0.2) is 0 Å². The number of nitrogens with one attached hydrogen (secondary N) is 1. The normalized spacial score (nSPS) is 17.2. The van der Waals surface area contributed by atoms with Gasteiger partial charge in [0.05, 0.1) is 17.3 Å². The average Bonchev–Trinajstić information content (AvgIpc) is 2.60. The van der Waals surface area contributed by atoms with Gasteiger partial charge in [-0.1, -0.05) is 25.7 Å². The Bertz CT molecular complexity index is 415. The van der Waals surface area contributed by atoms with Crippen molar-refractivity contribution in [3.8, 4) is 6.07 Å². The van der Waals surface area contributed by atoms with Crippen LogP contribution in [0.1, 0.15) is 44.1 Å². The number of hydrogen-bond acceptors (Lipinski definition) is 2. The molecule has 1 saturated carbocycles. The highest BCUT2D eigenvalue weighted by Gasteiger charge is 2.13. The van der Waals surface area contributed by atoms with Crippen molar-refractivity contribution in [3.05, 3.63) is 29.6 Å². The van der Waals surface area contributed by atoms with Crippen LogP contribution in [0.3, 0.4) is 0 Å². The van der Waals surface area contributed by atoms with E-state index in [1.165, 1.54) is 31.7 Å². The highest BCUT2D eigenvalue weighted by molar-refractivity contribution is 5.49. The minimum absolute atomic E-state index is 0.326. The van der Waals surface area contributed by atoms with Crippen molar-refractivity contribution in [3.63, 3.8) is 0 Å². The number of anilines is 1. The van der Waals surface area contributed by atoms with Crippen LogP contribution in [0.25, 0.3) is 0 Å². The van der Waals surface area contributed by atoms with Crippen molar-refractivity contribution in [2.24, 2.45) is 0 Å². The monoisotopic (exact) mass is 232 g/mol. The number of halogens is 1. The third kappa shape index (κ3) is 3.20. The number of rotatable bonds is 2. The van der Waals surface area contributed by atoms with E-state index in [2.05, 4.69) is 5.32 Å². The molecular weight excluding hydrogens is 215 g/mol. The van der Waals surface area contributed by atoms with Crippen molar-refractivity contribution < 1.29 is 4.39 Å². The van der Waals surface area contributed by atoms with Crippen molar-refractivity contribution in [2.45, 2.75) is 44.6 Å². The standard InChI is InChI=1S/C14H17FN2/c15-13-9-11(10-16)7-8-14(13)17-12-5-3-1-2-4-6-12/h7-9,12,17H,1-6H2. The van der Waals surface area contributed by atoms with E-state index in [4.69, 9.17) is 5.26 Å². The molecule has 1 N–H and O–H groups in total. The molecule has 0 aromatic heterocycles. The van der Waals surface area contributed by atoms with Crippen LogP contribution in [-0.4, -0.2) is 6.04 Å². The largest absolute Gasteiger partial charge is 0.380 e. The molecule has 17 heavy (non-hydrogen) atoms. The predicted molar refractivity (Wildman–Crippen MR) is 66.2 cm³/mol. The second-order valence-corrected chi connectivity index (χ2v) is 4.64. The Labute approximate surface area is 101 Å². The highest BCUT2D eigenvalue weighted by Crippen LogP contribution is 2.23. The fraction of sp³-hybridized carbons (Fsp3) is 0.500. The van der Waals surface area contributed by atoms with Crippen molar-refractivity contribution in [1.29, 1.82) is 5.26 Å². The van der Waals surface area contributed by atoms with Crippen LogP contribution in [0, 0.1) is 17.1 Å². The smallest absolute Gasteiger partial charge is 0.147 e. The first kappa shape index (κ1) is 11.9. The number of nitrogens with zero attached hydrogens (tertiary/aromatic N) is 1. The lowest BCUT2D eigenvalue weighted by Crippen LogP contribution is -2.19. The molecule has 1 aliphatic rings. The maximum absolute atomic E-state index is 13.7. The van der Waals surface area contributed by atoms with Gasteiger partial charge in [0.25, 0.3) is 0 Å². The van der Waals surface area contributed by atoms with E-state index < -0.39 is 0 Å². The molecular formula is C14H17FN2. The van der Waals surface area contributed by atoms with Gasteiger partial charge in [0.1, 0.15) is 5.82 Å². The summed E-state index contributed by atoms with van der Waals surface area (Å²) in [4.78, 5) is 0. The fourth-order valence-corrected chi connectivity index (χ4v) is 2.35. The minimum atomic E-state index is -0.326. The molecule has 1 aliphatic carbocycles. The molecule has 3 heteroatoms. The lowest BCUT2D eigenvalue weighted by Gasteiger charge is -2.18. The van der Waals surface area contributed by atoms with Crippen molar-refractivity contribution in [1.82, 2.24) is 0 Å². The van der Waals surface area contributed by atoms with Crippen LogP contribution >= 0.6 is 0 Å². The molecule has 0 bridgehead atoms. The van der Waals surface area contributed by atoms with Crippen LogP contribution in [0.5, 0.6) is 0 Å². The summed E-state index contributed by atoms with van der Waals surface area (Å²) in [7, 11) is 0. The van der Waals surface area contributed by atoms with Gasteiger partial charge in [-0.2, -0.15) is 5.26 Å². The van der Waals surface area contributed by atoms with Crippen molar-refractivity contribution in [2.75, 3.05) is 5.32 Å². The Hall–Kier alpha value is -1.56. The first-order valence-electron chi connectivity index (χ1n) is 6.26. The van der Waals surface area contributed by atoms with Gasteiger partial charge in [-0.15, -0.1) is 0 Å². The summed E-state index contributed by atoms with van der Waals surface area (Å²) in [5.41, 5.74) is 0.893. The number of nitriles is 1. The zero-order valence-corrected chi connectivity index (χ0v) is 9.88. The molecule has 0 aliphatic heterocycles. The lowest BCUT2D eigenvalue weighted by molar-refractivity contribution is 0.597. The molecule has 0 atom stereocenters. The SMILES string of the molecule is N#Cc1ccc(NC2CCCCCC2)c(F)c1. The lowest BCUT2D eigenvalue weighted by atomic mass is 10.1. The molecule has 0 heterocycles. The maximum Gasteiger partial charge on any atom is 0.147 e. The van der Waals surface area contributed by atoms with Gasteiger partial charge in [-0.3, -0.25) is 0 Å². The molecule has 0 spiro atoms. The topological polar surface area (TPSA) is 35.8 Å². The van der Waals surface area contributed by atoms with E-state index in [-0.39, 0.29) is 5.82 Å². The summed E-state index contributed by atoms with van der Waals surface area (Å²) in [5, 5.41) is 11.9. The number of benzene rings is 1. The zero-order valence-electron chi connectivity index (χ0n) is 9.88. The summed E-state index contributed by atoms with van der Waals surface area (Å²) >= 11 is 0. The van der Waals surface area contributed by atoms with Crippen LogP contribution in [0.4, 0.5) is 10.1 Å². The quantitative estimate of drug-likeness (QED) is 0.786. The van der Waals surface area contributed by atoms with Gasteiger partial charge in [-0.25, -0.2) is 4.39 Å². The fourth-order valence-electron chi connectivity index (χ4n) is 2.35. The Morgan fingerprint density at radius 1 is 1.18 bits per heavy atom. The molecule has 1 fully saturated rings. The first-order chi connectivity index (χ1) is 8.29. The van der Waals surface area contributed by atoms with Crippen LogP contribution in [0.15, 0.2) is 18.2 Å². The van der Waals surface area contributed by atoms with E-state index in [0.717, 1.165) is 12.8 Å². The Morgan fingerprint density at radius 2 is 1.88 bits per heavy atom. The first-order valence-corrected chi connectivity index (χ1v) is 6.26. The van der Waals surface area contributed by atoms with Crippen LogP contribution < -0.4 is 5.32 Å². The summed E-state index contributed by atoms with van der Waals surface area (Å²) in [6, 6.07) is 6.93. The summed E-state index contributed by atoms with van der Waals surface area (Å²) in [6.45, 7) is 0. The van der Waals surface area contributed by atoms with E-state index in [1.54, 1.807) is 12.1 Å². The van der Waals surface area contributed by atoms with Crippen LogP contribution in [0.2, 0.25) is 0 Å². The molecule has 2 rings (SSSR count). The van der Waals surface area contributed by atoms with Gasteiger partial charge in [0.2, 0.25) is 0 Å². The summed E-state index contributed by atoms with van der Waals surface area (Å²) < 4.78 is 13.7. The molecule has 0 saturated heterocycles. The van der Waals surface area contributed by atoms with Crippen molar-refractivity contribution >= 4 is 5.69 Å². The Morgan fingerprint density at radius 3 is 2.47 bits per heavy atom. The van der Waals surface area contributed by atoms with Gasteiger partial charge in [0, 0.05) is 6.04 Å². The maximum atomic E-state index is 13.7. The van der Waals surface area contributed by atoms with Gasteiger partial charge >= 0.3 is 0 Å². The average molecular weight is 232 g/mol. The molecule has 0 amide bonds. The third-order valence-corrected chi connectivity index (χ3v) is 3.31. The van der Waals surface area contributed by atoms with Gasteiger partial charge < -0.3 is 5.32 Å². The molecule has 0 unspecified atom stereocenters. The molecule has 1 aromatic carbocycles. The molecule has 2 nitrogen and oxygen atoms in total. The van der Waals surface area contributed by atoms with E-state index >= 15 is 0 Å². The number of hydrogen-bond donors (Lipinski definition) is 1. The van der Waals surface area contributed by atoms with E-state index in [9.17, 15) is 4.39 Å². The van der Waals surface area contributed by atoms with Gasteiger partial charge in [-0.05, 0) is 31.0 Å². The zero-order chi connectivity index (χ0) is 12.1. The minimum Gasteiger partial charge on any atom is -0.380 e. The molecule has 0 radical (unpaired) electrons.